The Balaban J connectivity index is 2.29. The van der Waals surface area contributed by atoms with Crippen molar-refractivity contribution >= 4 is 17.7 Å². The van der Waals surface area contributed by atoms with Crippen molar-refractivity contribution in [1.82, 2.24) is 15.2 Å². The summed E-state index contributed by atoms with van der Waals surface area (Å²) in [5.74, 6) is -1.10. The topological polar surface area (TPSA) is 94.6 Å². The lowest BCUT2D eigenvalue weighted by Gasteiger charge is -2.20. The predicted molar refractivity (Wildman–Crippen MR) is 80.6 cm³/mol. The number of nitrogens with zero attached hydrogens (tertiary/aromatic N) is 2. The molecule has 1 aromatic heterocycles. The number of pyridine rings is 1. The number of hydrogen-bond donors (Lipinski definition) is 3. The summed E-state index contributed by atoms with van der Waals surface area (Å²) in [6.07, 6.45) is 2.17. The van der Waals surface area contributed by atoms with Crippen molar-refractivity contribution in [2.75, 3.05) is 25.5 Å². The van der Waals surface area contributed by atoms with E-state index in [4.69, 9.17) is 5.11 Å². The molecule has 1 rings (SSSR count). The van der Waals surface area contributed by atoms with Gasteiger partial charge in [-0.05, 0) is 46.0 Å². The minimum Gasteiger partial charge on any atom is -0.477 e. The molecule has 0 saturated carbocycles. The van der Waals surface area contributed by atoms with Gasteiger partial charge >= 0.3 is 12.0 Å². The van der Waals surface area contributed by atoms with Crippen molar-refractivity contribution in [2.45, 2.75) is 26.3 Å². The molecule has 7 nitrogen and oxygen atoms in total. The average Bonchev–Trinajstić information content (AvgIpc) is 2.43. The van der Waals surface area contributed by atoms with Gasteiger partial charge in [-0.1, -0.05) is 0 Å². The van der Waals surface area contributed by atoms with E-state index >= 15 is 0 Å². The van der Waals surface area contributed by atoms with Crippen molar-refractivity contribution in [3.05, 3.63) is 24.0 Å². The summed E-state index contributed by atoms with van der Waals surface area (Å²) in [7, 11) is 2.04. The number of nitrogens with one attached hydrogen (secondary N) is 2. The molecule has 1 heterocycles. The van der Waals surface area contributed by atoms with Crippen molar-refractivity contribution < 1.29 is 14.7 Å². The highest BCUT2D eigenvalue weighted by atomic mass is 16.4. The highest BCUT2D eigenvalue weighted by Crippen LogP contribution is 2.05. The number of hydrogen-bond acceptors (Lipinski definition) is 4. The van der Waals surface area contributed by atoms with E-state index in [0.29, 0.717) is 18.3 Å². The second kappa shape index (κ2) is 8.21. The zero-order valence-electron chi connectivity index (χ0n) is 12.6. The molecule has 0 aliphatic carbocycles. The van der Waals surface area contributed by atoms with Crippen LogP contribution in [-0.2, 0) is 0 Å². The molecule has 0 aliphatic rings. The normalized spacial score (nSPS) is 10.7. The summed E-state index contributed by atoms with van der Waals surface area (Å²) in [6, 6.07) is 3.00. The van der Waals surface area contributed by atoms with E-state index in [-0.39, 0.29) is 11.7 Å². The van der Waals surface area contributed by atoms with E-state index in [0.717, 1.165) is 13.0 Å². The summed E-state index contributed by atoms with van der Waals surface area (Å²) in [6.45, 7) is 5.72. The number of carboxylic acid groups (broad SMARTS) is 1. The highest BCUT2D eigenvalue weighted by molar-refractivity contribution is 5.90. The SMILES string of the molecule is CC(C)N(C)CCCNC(=O)Nc1ccc(C(=O)O)nc1. The largest absolute Gasteiger partial charge is 0.477 e. The van der Waals surface area contributed by atoms with Crippen LogP contribution in [0.2, 0.25) is 0 Å². The van der Waals surface area contributed by atoms with Crippen LogP contribution in [0.1, 0.15) is 30.8 Å². The van der Waals surface area contributed by atoms with Gasteiger partial charge < -0.3 is 20.6 Å². The van der Waals surface area contributed by atoms with Crippen LogP contribution >= 0.6 is 0 Å². The molecule has 0 radical (unpaired) electrons. The molecular formula is C14H22N4O3. The maximum atomic E-state index is 11.6. The van der Waals surface area contributed by atoms with Gasteiger partial charge in [0.05, 0.1) is 11.9 Å². The third kappa shape index (κ3) is 6.22. The quantitative estimate of drug-likeness (QED) is 0.664. The summed E-state index contributed by atoms with van der Waals surface area (Å²) < 4.78 is 0. The van der Waals surface area contributed by atoms with Gasteiger partial charge in [-0.15, -0.1) is 0 Å². The van der Waals surface area contributed by atoms with Gasteiger partial charge in [0.1, 0.15) is 5.69 Å². The lowest BCUT2D eigenvalue weighted by Crippen LogP contribution is -2.33. The van der Waals surface area contributed by atoms with Gasteiger partial charge in [-0.25, -0.2) is 14.6 Å². The van der Waals surface area contributed by atoms with Crippen LogP contribution in [0.3, 0.4) is 0 Å². The van der Waals surface area contributed by atoms with Gasteiger partial charge in [0.2, 0.25) is 0 Å². The standard InChI is InChI=1S/C14H22N4O3/c1-10(2)18(3)8-4-7-15-14(21)17-11-5-6-12(13(19)20)16-9-11/h5-6,9-10H,4,7-8H2,1-3H3,(H,19,20)(H2,15,17,21). The molecular weight excluding hydrogens is 272 g/mol. The summed E-state index contributed by atoms with van der Waals surface area (Å²) >= 11 is 0. The van der Waals surface area contributed by atoms with Crippen LogP contribution in [-0.4, -0.2) is 53.2 Å². The minimum absolute atomic E-state index is 0.0577. The zero-order chi connectivity index (χ0) is 15.8. The van der Waals surface area contributed by atoms with E-state index in [1.54, 1.807) is 0 Å². The number of carboxylic acids is 1. The number of aromatic nitrogens is 1. The van der Waals surface area contributed by atoms with Crippen molar-refractivity contribution in [1.29, 1.82) is 0 Å². The van der Waals surface area contributed by atoms with Gasteiger partial charge in [0.15, 0.2) is 0 Å². The van der Waals surface area contributed by atoms with E-state index in [9.17, 15) is 9.59 Å². The fourth-order valence-electron chi connectivity index (χ4n) is 1.56. The number of urea groups is 1. The van der Waals surface area contributed by atoms with E-state index in [1.165, 1.54) is 18.3 Å². The molecule has 0 unspecified atom stereocenters. The van der Waals surface area contributed by atoms with Crippen LogP contribution in [0.25, 0.3) is 0 Å². The highest BCUT2D eigenvalue weighted by Gasteiger charge is 2.06. The molecule has 0 fully saturated rings. The molecule has 21 heavy (non-hydrogen) atoms. The number of rotatable bonds is 7. The number of aromatic carboxylic acids is 1. The maximum absolute atomic E-state index is 11.6. The van der Waals surface area contributed by atoms with E-state index < -0.39 is 5.97 Å². The Bertz CT molecular complexity index is 474. The van der Waals surface area contributed by atoms with E-state index in [1.807, 2.05) is 7.05 Å². The van der Waals surface area contributed by atoms with Crippen LogP contribution < -0.4 is 10.6 Å². The third-order valence-electron chi connectivity index (χ3n) is 3.10. The Kier molecular flexibility index (Phi) is 6.61. The maximum Gasteiger partial charge on any atom is 0.354 e. The van der Waals surface area contributed by atoms with Crippen LogP contribution in [0.15, 0.2) is 18.3 Å². The van der Waals surface area contributed by atoms with Crippen LogP contribution in [0.5, 0.6) is 0 Å². The smallest absolute Gasteiger partial charge is 0.354 e. The predicted octanol–water partition coefficient (Wildman–Crippen LogP) is 1.63. The van der Waals surface area contributed by atoms with Gasteiger partial charge in [0, 0.05) is 12.6 Å². The minimum atomic E-state index is -1.10. The first-order valence-electron chi connectivity index (χ1n) is 6.84. The van der Waals surface area contributed by atoms with E-state index in [2.05, 4.69) is 34.4 Å². The molecule has 0 aliphatic heterocycles. The lowest BCUT2D eigenvalue weighted by molar-refractivity contribution is 0.0690. The zero-order valence-corrected chi connectivity index (χ0v) is 12.6. The number of carbonyl (C=O) groups is 2. The van der Waals surface area contributed by atoms with Crippen molar-refractivity contribution in [3.8, 4) is 0 Å². The molecule has 0 atom stereocenters. The summed E-state index contributed by atoms with van der Waals surface area (Å²) in [5, 5.41) is 14.1. The first-order valence-corrected chi connectivity index (χ1v) is 6.84. The Labute approximate surface area is 124 Å². The average molecular weight is 294 g/mol. The van der Waals surface area contributed by atoms with Crippen molar-refractivity contribution in [3.63, 3.8) is 0 Å². The molecule has 3 N–H and O–H groups in total. The first kappa shape index (κ1) is 16.9. The lowest BCUT2D eigenvalue weighted by atomic mass is 10.3. The van der Waals surface area contributed by atoms with Crippen LogP contribution in [0, 0.1) is 0 Å². The fraction of sp³-hybridized carbons (Fsp3) is 0.500. The van der Waals surface area contributed by atoms with Gasteiger partial charge in [0.25, 0.3) is 0 Å². The monoisotopic (exact) mass is 294 g/mol. The molecule has 0 spiro atoms. The fourth-order valence-corrected chi connectivity index (χ4v) is 1.56. The van der Waals surface area contributed by atoms with Crippen LogP contribution in [0.4, 0.5) is 10.5 Å². The summed E-state index contributed by atoms with van der Waals surface area (Å²) in [4.78, 5) is 28.2. The second-order valence-corrected chi connectivity index (χ2v) is 5.05. The molecule has 0 aromatic carbocycles. The molecule has 1 aromatic rings. The molecule has 7 heteroatoms. The number of amides is 2. The van der Waals surface area contributed by atoms with Gasteiger partial charge in [-0.2, -0.15) is 0 Å². The molecule has 2 amide bonds. The Morgan fingerprint density at radius 1 is 1.38 bits per heavy atom. The Morgan fingerprint density at radius 2 is 2.10 bits per heavy atom. The summed E-state index contributed by atoms with van der Waals surface area (Å²) in [5.41, 5.74) is 0.398. The van der Waals surface area contributed by atoms with Crippen molar-refractivity contribution in [2.24, 2.45) is 0 Å². The Hall–Kier alpha value is -2.15. The first-order chi connectivity index (χ1) is 9.90. The Morgan fingerprint density at radius 3 is 2.62 bits per heavy atom. The third-order valence-corrected chi connectivity index (χ3v) is 3.10. The second-order valence-electron chi connectivity index (χ2n) is 5.05. The molecule has 116 valence electrons. The number of anilines is 1. The van der Waals surface area contributed by atoms with Gasteiger partial charge in [-0.3, -0.25) is 0 Å². The molecule has 0 saturated heterocycles. The molecule has 0 bridgehead atoms. The number of carbonyl (C=O) groups excluding carboxylic acids is 1.